The minimum Gasteiger partial charge on any atom is -0.354 e. The van der Waals surface area contributed by atoms with Crippen LogP contribution in [0.3, 0.4) is 0 Å². The Morgan fingerprint density at radius 3 is 2.85 bits per heavy atom. The molecule has 1 aromatic heterocycles. The lowest BCUT2D eigenvalue weighted by molar-refractivity contribution is 0.624. The molecule has 3 heteroatoms. The van der Waals surface area contributed by atoms with E-state index in [0.29, 0.717) is 0 Å². The van der Waals surface area contributed by atoms with Crippen molar-refractivity contribution in [3.8, 4) is 0 Å². The van der Waals surface area contributed by atoms with E-state index in [0.717, 1.165) is 38.0 Å². The third-order valence-electron chi connectivity index (χ3n) is 3.50. The monoisotopic (exact) mass is 274 g/mol. The number of aromatic nitrogens is 1. The number of nitrogens with zero attached hydrogens (tertiary/aromatic N) is 1. The van der Waals surface area contributed by atoms with E-state index in [1.807, 2.05) is 13.0 Å². The molecule has 0 aliphatic rings. The van der Waals surface area contributed by atoms with Crippen LogP contribution in [0.15, 0.2) is 36.7 Å². The third-order valence-corrected chi connectivity index (χ3v) is 3.50. The molecule has 2 nitrogen and oxygen atoms in total. The van der Waals surface area contributed by atoms with Crippen molar-refractivity contribution in [1.29, 1.82) is 0 Å². The quantitative estimate of drug-likeness (QED) is 0.762. The molecule has 0 bridgehead atoms. The molecule has 0 saturated heterocycles. The fourth-order valence-corrected chi connectivity index (χ4v) is 2.39. The molecule has 0 radical (unpaired) electrons. The number of aryl methyl sites for hydroxylation is 2. The summed E-state index contributed by atoms with van der Waals surface area (Å²) in [5.41, 5.74) is 3.55. The molecule has 0 atom stereocenters. The van der Waals surface area contributed by atoms with Crippen molar-refractivity contribution in [3.05, 3.63) is 59.2 Å². The first-order chi connectivity index (χ1) is 9.69. The van der Waals surface area contributed by atoms with Crippen LogP contribution in [0.5, 0.6) is 0 Å². The first-order valence-electron chi connectivity index (χ1n) is 7.29. The van der Waals surface area contributed by atoms with Crippen molar-refractivity contribution in [1.82, 2.24) is 9.88 Å². The SMILES string of the molecule is CCCn1ccc(CNCCc2ccc(F)cc2C)c1. The number of rotatable bonds is 7. The summed E-state index contributed by atoms with van der Waals surface area (Å²) < 4.78 is 15.2. The topological polar surface area (TPSA) is 17.0 Å². The smallest absolute Gasteiger partial charge is 0.123 e. The number of hydrogen-bond acceptors (Lipinski definition) is 1. The predicted octanol–water partition coefficient (Wildman–Crippen LogP) is 3.68. The van der Waals surface area contributed by atoms with Crippen molar-refractivity contribution in [3.63, 3.8) is 0 Å². The average molecular weight is 274 g/mol. The molecular weight excluding hydrogens is 251 g/mol. The summed E-state index contributed by atoms with van der Waals surface area (Å²) >= 11 is 0. The van der Waals surface area contributed by atoms with E-state index in [-0.39, 0.29) is 5.82 Å². The second-order valence-electron chi connectivity index (χ2n) is 5.26. The first kappa shape index (κ1) is 14.8. The Kier molecular flexibility index (Phi) is 5.36. The second-order valence-corrected chi connectivity index (χ2v) is 5.26. The number of halogens is 1. The number of hydrogen-bond donors (Lipinski definition) is 1. The van der Waals surface area contributed by atoms with Gasteiger partial charge in [0.2, 0.25) is 0 Å². The highest BCUT2D eigenvalue weighted by molar-refractivity contribution is 5.26. The van der Waals surface area contributed by atoms with Crippen LogP contribution in [0.4, 0.5) is 4.39 Å². The van der Waals surface area contributed by atoms with E-state index in [9.17, 15) is 4.39 Å². The first-order valence-corrected chi connectivity index (χ1v) is 7.29. The molecule has 20 heavy (non-hydrogen) atoms. The summed E-state index contributed by atoms with van der Waals surface area (Å²) in [5.74, 6) is -0.156. The van der Waals surface area contributed by atoms with E-state index in [4.69, 9.17) is 0 Å². The summed E-state index contributed by atoms with van der Waals surface area (Å²) in [6, 6.07) is 7.17. The zero-order valence-electron chi connectivity index (χ0n) is 12.3. The molecule has 2 aromatic rings. The zero-order chi connectivity index (χ0) is 14.4. The summed E-state index contributed by atoms with van der Waals surface area (Å²) in [5, 5.41) is 3.44. The van der Waals surface area contributed by atoms with Gasteiger partial charge in [0.1, 0.15) is 5.82 Å². The molecule has 1 aromatic carbocycles. The maximum absolute atomic E-state index is 13.0. The van der Waals surface area contributed by atoms with Gasteiger partial charge in [-0.2, -0.15) is 0 Å². The molecular formula is C17H23FN2. The third kappa shape index (κ3) is 4.20. The van der Waals surface area contributed by atoms with Gasteiger partial charge >= 0.3 is 0 Å². The van der Waals surface area contributed by atoms with E-state index in [1.54, 1.807) is 6.07 Å². The maximum atomic E-state index is 13.0. The van der Waals surface area contributed by atoms with Crippen LogP contribution in [0, 0.1) is 12.7 Å². The molecule has 0 saturated carbocycles. The summed E-state index contributed by atoms with van der Waals surface area (Å²) in [7, 11) is 0. The fourth-order valence-electron chi connectivity index (χ4n) is 2.39. The molecule has 0 unspecified atom stereocenters. The van der Waals surface area contributed by atoms with Crippen molar-refractivity contribution in [2.45, 2.75) is 39.8 Å². The molecule has 0 spiro atoms. The highest BCUT2D eigenvalue weighted by atomic mass is 19.1. The van der Waals surface area contributed by atoms with Crippen molar-refractivity contribution in [2.24, 2.45) is 0 Å². The van der Waals surface area contributed by atoms with Gasteiger partial charge in [-0.05, 0) is 61.2 Å². The molecule has 1 N–H and O–H groups in total. The highest BCUT2D eigenvalue weighted by Gasteiger charge is 2.00. The lowest BCUT2D eigenvalue weighted by Gasteiger charge is -2.07. The summed E-state index contributed by atoms with van der Waals surface area (Å²) in [6.07, 6.45) is 6.41. The van der Waals surface area contributed by atoms with E-state index < -0.39 is 0 Å². The van der Waals surface area contributed by atoms with Crippen LogP contribution >= 0.6 is 0 Å². The lowest BCUT2D eigenvalue weighted by Crippen LogP contribution is -2.16. The van der Waals surface area contributed by atoms with Gasteiger partial charge in [-0.25, -0.2) is 4.39 Å². The van der Waals surface area contributed by atoms with Crippen molar-refractivity contribution >= 4 is 0 Å². The van der Waals surface area contributed by atoms with Crippen LogP contribution in [-0.4, -0.2) is 11.1 Å². The minimum atomic E-state index is -0.156. The Morgan fingerprint density at radius 2 is 2.10 bits per heavy atom. The Labute approximate surface area is 120 Å². The number of benzene rings is 1. The zero-order valence-corrected chi connectivity index (χ0v) is 12.3. The van der Waals surface area contributed by atoms with Gasteiger partial charge in [-0.3, -0.25) is 0 Å². The van der Waals surface area contributed by atoms with Gasteiger partial charge in [-0.15, -0.1) is 0 Å². The number of nitrogens with one attached hydrogen (secondary N) is 1. The van der Waals surface area contributed by atoms with E-state index in [1.165, 1.54) is 17.2 Å². The Hall–Kier alpha value is -1.61. The molecule has 0 amide bonds. The minimum absolute atomic E-state index is 0.156. The van der Waals surface area contributed by atoms with Gasteiger partial charge < -0.3 is 9.88 Å². The standard InChI is InChI=1S/C17H23FN2/c1-3-9-20-10-7-15(13-20)12-19-8-6-16-4-5-17(18)11-14(16)2/h4-5,7,10-11,13,19H,3,6,8-9,12H2,1-2H3. The van der Waals surface area contributed by atoms with Crippen LogP contribution in [0.25, 0.3) is 0 Å². The molecule has 108 valence electrons. The fraction of sp³-hybridized carbons (Fsp3) is 0.412. The Bertz CT molecular complexity index is 546. The summed E-state index contributed by atoms with van der Waals surface area (Å²) in [4.78, 5) is 0. The van der Waals surface area contributed by atoms with E-state index >= 15 is 0 Å². The van der Waals surface area contributed by atoms with Crippen molar-refractivity contribution in [2.75, 3.05) is 6.54 Å². The lowest BCUT2D eigenvalue weighted by atomic mass is 10.1. The van der Waals surface area contributed by atoms with Crippen LogP contribution < -0.4 is 5.32 Å². The normalized spacial score (nSPS) is 10.9. The highest BCUT2D eigenvalue weighted by Crippen LogP contribution is 2.10. The molecule has 2 rings (SSSR count). The largest absolute Gasteiger partial charge is 0.354 e. The van der Waals surface area contributed by atoms with Gasteiger partial charge in [0.25, 0.3) is 0 Å². The van der Waals surface area contributed by atoms with Crippen LogP contribution in [0.2, 0.25) is 0 Å². The summed E-state index contributed by atoms with van der Waals surface area (Å²) in [6.45, 7) is 7.02. The molecule has 1 heterocycles. The van der Waals surface area contributed by atoms with Gasteiger partial charge in [0.15, 0.2) is 0 Å². The predicted molar refractivity (Wildman–Crippen MR) is 81.3 cm³/mol. The Balaban J connectivity index is 1.75. The van der Waals surface area contributed by atoms with E-state index in [2.05, 4.69) is 35.3 Å². The molecule has 0 aliphatic heterocycles. The van der Waals surface area contributed by atoms with Gasteiger partial charge in [0.05, 0.1) is 0 Å². The van der Waals surface area contributed by atoms with Gasteiger partial charge in [-0.1, -0.05) is 13.0 Å². The maximum Gasteiger partial charge on any atom is 0.123 e. The molecule has 0 aliphatic carbocycles. The van der Waals surface area contributed by atoms with Gasteiger partial charge in [0, 0.05) is 25.5 Å². The average Bonchev–Trinajstić information content (AvgIpc) is 2.85. The van der Waals surface area contributed by atoms with Crippen molar-refractivity contribution < 1.29 is 4.39 Å². The Morgan fingerprint density at radius 1 is 1.25 bits per heavy atom. The van der Waals surface area contributed by atoms with Crippen LogP contribution in [0.1, 0.15) is 30.0 Å². The second kappa shape index (κ2) is 7.25. The molecule has 0 fully saturated rings. The van der Waals surface area contributed by atoms with Crippen LogP contribution in [-0.2, 0) is 19.5 Å².